The summed E-state index contributed by atoms with van der Waals surface area (Å²) >= 11 is 3.18. The molecule has 0 radical (unpaired) electrons. The molecule has 1 atom stereocenters. The highest BCUT2D eigenvalue weighted by Gasteiger charge is 2.30. The summed E-state index contributed by atoms with van der Waals surface area (Å²) in [6.45, 7) is 3.62. The van der Waals surface area contributed by atoms with Crippen molar-refractivity contribution in [3.8, 4) is 11.4 Å². The van der Waals surface area contributed by atoms with Crippen molar-refractivity contribution in [2.24, 2.45) is 0 Å². The smallest absolute Gasteiger partial charge is 0.233 e. The molecule has 1 aliphatic rings. The Bertz CT molecular complexity index is 1190. The van der Waals surface area contributed by atoms with Gasteiger partial charge in [0.15, 0.2) is 11.0 Å². The zero-order valence-electron chi connectivity index (χ0n) is 18.0. The molecule has 4 aromatic rings. The molecule has 0 bridgehead atoms. The van der Waals surface area contributed by atoms with Crippen LogP contribution < -0.4 is 0 Å². The summed E-state index contributed by atoms with van der Waals surface area (Å²) < 4.78 is 3.26. The summed E-state index contributed by atoms with van der Waals surface area (Å²) in [4.78, 5) is 20.1. The van der Waals surface area contributed by atoms with E-state index in [4.69, 9.17) is 4.98 Å². The van der Waals surface area contributed by atoms with E-state index < -0.39 is 0 Å². The number of likely N-dealkylation sites (tertiary alicyclic amines) is 1. The normalized spacial score (nSPS) is 16.5. The number of amides is 1. The summed E-state index contributed by atoms with van der Waals surface area (Å²) in [5.41, 5.74) is 2.05. The topological polar surface area (TPSA) is 63.9 Å². The summed E-state index contributed by atoms with van der Waals surface area (Å²) in [6.07, 6.45) is 3.14. The Hall–Kier alpha value is -2.71. The van der Waals surface area contributed by atoms with Gasteiger partial charge in [-0.15, -0.1) is 21.5 Å². The summed E-state index contributed by atoms with van der Waals surface area (Å²) in [5, 5.41) is 10.6. The largest absolute Gasteiger partial charge is 0.332 e. The zero-order chi connectivity index (χ0) is 21.9. The summed E-state index contributed by atoms with van der Waals surface area (Å²) in [7, 11) is 0. The van der Waals surface area contributed by atoms with Crippen LogP contribution in [0.1, 0.15) is 37.2 Å². The number of fused-ring (bicyclic) bond motifs is 1. The average molecular weight is 464 g/mol. The van der Waals surface area contributed by atoms with Crippen LogP contribution in [-0.2, 0) is 11.3 Å². The first kappa shape index (κ1) is 21.2. The van der Waals surface area contributed by atoms with E-state index in [0.717, 1.165) is 59.4 Å². The number of nitrogens with zero attached hydrogens (tertiary/aromatic N) is 5. The fourth-order valence-corrected chi connectivity index (χ4v) is 6.21. The summed E-state index contributed by atoms with van der Waals surface area (Å²) in [5.74, 6) is 1.34. The molecular weight excluding hydrogens is 438 g/mol. The molecule has 0 unspecified atom stereocenters. The molecule has 1 amide bonds. The quantitative estimate of drug-likeness (QED) is 0.357. The Balaban J connectivity index is 1.32. The fourth-order valence-electron chi connectivity index (χ4n) is 4.21. The van der Waals surface area contributed by atoms with Gasteiger partial charge in [0.1, 0.15) is 5.01 Å². The predicted molar refractivity (Wildman–Crippen MR) is 130 cm³/mol. The molecule has 8 heteroatoms. The van der Waals surface area contributed by atoms with Crippen molar-refractivity contribution in [2.75, 3.05) is 12.3 Å². The van der Waals surface area contributed by atoms with Crippen molar-refractivity contribution in [3.63, 3.8) is 0 Å². The van der Waals surface area contributed by atoms with Crippen molar-refractivity contribution in [2.45, 2.75) is 43.9 Å². The lowest BCUT2D eigenvalue weighted by molar-refractivity contribution is -0.132. The third-order valence-corrected chi connectivity index (χ3v) is 7.90. The number of carbonyl (C=O) groups is 1. The zero-order valence-corrected chi connectivity index (χ0v) is 19.6. The molecule has 1 saturated heterocycles. The molecule has 5 rings (SSSR count). The molecule has 2 aromatic heterocycles. The van der Waals surface area contributed by atoms with E-state index in [-0.39, 0.29) is 11.9 Å². The second kappa shape index (κ2) is 9.42. The first-order chi connectivity index (χ1) is 15.7. The molecule has 0 aliphatic carbocycles. The van der Waals surface area contributed by atoms with Crippen LogP contribution in [-0.4, -0.2) is 42.9 Å². The number of piperidine rings is 1. The number of hydrogen-bond acceptors (Lipinski definition) is 6. The number of carbonyl (C=O) groups excluding carboxylic acids is 1. The highest BCUT2D eigenvalue weighted by atomic mass is 32.2. The fraction of sp³-hybridized carbons (Fsp3) is 0.333. The maximum Gasteiger partial charge on any atom is 0.233 e. The van der Waals surface area contributed by atoms with E-state index in [1.807, 2.05) is 53.4 Å². The Morgan fingerprint density at radius 2 is 1.91 bits per heavy atom. The Labute approximate surface area is 195 Å². The minimum absolute atomic E-state index is 0.0678. The SMILES string of the molecule is CCn1c(SCC(=O)N2CCCC[C@H]2c2nc3ccccc3s2)nnc1-c1ccccc1. The van der Waals surface area contributed by atoms with Crippen LogP contribution >= 0.6 is 23.1 Å². The van der Waals surface area contributed by atoms with E-state index >= 15 is 0 Å². The van der Waals surface area contributed by atoms with Gasteiger partial charge >= 0.3 is 0 Å². The van der Waals surface area contributed by atoms with Crippen LogP contribution in [0.3, 0.4) is 0 Å². The maximum absolute atomic E-state index is 13.3. The van der Waals surface area contributed by atoms with Gasteiger partial charge in [-0.1, -0.05) is 54.2 Å². The summed E-state index contributed by atoms with van der Waals surface area (Å²) in [6, 6.07) is 18.3. The van der Waals surface area contributed by atoms with Gasteiger partial charge in [-0.25, -0.2) is 4.98 Å². The van der Waals surface area contributed by atoms with Crippen LogP contribution in [0.4, 0.5) is 0 Å². The molecule has 2 aromatic carbocycles. The van der Waals surface area contributed by atoms with E-state index in [9.17, 15) is 4.79 Å². The van der Waals surface area contributed by atoms with Gasteiger partial charge in [0.25, 0.3) is 0 Å². The van der Waals surface area contributed by atoms with Crippen LogP contribution in [0.2, 0.25) is 0 Å². The van der Waals surface area contributed by atoms with Gasteiger partial charge in [0.05, 0.1) is 22.0 Å². The Morgan fingerprint density at radius 3 is 2.72 bits per heavy atom. The molecular formula is C24H25N5OS2. The van der Waals surface area contributed by atoms with Crippen molar-refractivity contribution in [1.82, 2.24) is 24.6 Å². The van der Waals surface area contributed by atoms with Gasteiger partial charge in [-0.2, -0.15) is 0 Å². The van der Waals surface area contributed by atoms with Crippen LogP contribution in [0.15, 0.2) is 59.8 Å². The van der Waals surface area contributed by atoms with Gasteiger partial charge < -0.3 is 9.47 Å². The van der Waals surface area contributed by atoms with E-state index in [1.54, 1.807) is 11.3 Å². The number of benzene rings is 2. The van der Waals surface area contributed by atoms with Crippen molar-refractivity contribution in [1.29, 1.82) is 0 Å². The molecule has 164 valence electrons. The lowest BCUT2D eigenvalue weighted by atomic mass is 10.0. The molecule has 0 N–H and O–H groups in total. The average Bonchev–Trinajstić information content (AvgIpc) is 3.47. The van der Waals surface area contributed by atoms with E-state index in [1.165, 1.54) is 16.5 Å². The molecule has 3 heterocycles. The molecule has 1 aliphatic heterocycles. The second-order valence-electron chi connectivity index (χ2n) is 7.82. The van der Waals surface area contributed by atoms with Gasteiger partial charge in [-0.3, -0.25) is 4.79 Å². The third-order valence-electron chi connectivity index (χ3n) is 5.81. The van der Waals surface area contributed by atoms with Crippen molar-refractivity contribution in [3.05, 3.63) is 59.6 Å². The minimum Gasteiger partial charge on any atom is -0.332 e. The van der Waals surface area contributed by atoms with Crippen LogP contribution in [0.25, 0.3) is 21.6 Å². The standard InChI is InChI=1S/C24H25N5OS2/c1-2-28-22(17-10-4-3-5-11-17)26-27-24(28)31-16-21(30)29-15-9-8-13-19(29)23-25-18-12-6-7-14-20(18)32-23/h3-7,10-12,14,19H,2,8-9,13,15-16H2,1H3/t19-/m0/s1. The molecule has 6 nitrogen and oxygen atoms in total. The lowest BCUT2D eigenvalue weighted by Gasteiger charge is -2.34. The van der Waals surface area contributed by atoms with Crippen LogP contribution in [0.5, 0.6) is 0 Å². The number of para-hydroxylation sites is 1. The number of thioether (sulfide) groups is 1. The number of hydrogen-bond donors (Lipinski definition) is 0. The second-order valence-corrected chi connectivity index (χ2v) is 9.83. The third kappa shape index (κ3) is 4.17. The molecule has 0 saturated carbocycles. The first-order valence-electron chi connectivity index (χ1n) is 11.0. The monoisotopic (exact) mass is 463 g/mol. The number of thiazole rings is 1. The van der Waals surface area contributed by atoms with Crippen LogP contribution in [0, 0.1) is 0 Å². The lowest BCUT2D eigenvalue weighted by Crippen LogP contribution is -2.39. The number of rotatable bonds is 6. The predicted octanol–water partition coefficient (Wildman–Crippen LogP) is 5.42. The Kier molecular flexibility index (Phi) is 6.23. The highest BCUT2D eigenvalue weighted by molar-refractivity contribution is 7.99. The highest BCUT2D eigenvalue weighted by Crippen LogP contribution is 2.36. The van der Waals surface area contributed by atoms with Gasteiger partial charge in [-0.05, 0) is 38.3 Å². The van der Waals surface area contributed by atoms with Gasteiger partial charge in [0.2, 0.25) is 5.91 Å². The van der Waals surface area contributed by atoms with Crippen molar-refractivity contribution >= 4 is 39.2 Å². The minimum atomic E-state index is 0.0678. The first-order valence-corrected chi connectivity index (χ1v) is 12.8. The molecule has 1 fully saturated rings. The molecule has 0 spiro atoms. The molecule has 32 heavy (non-hydrogen) atoms. The Morgan fingerprint density at radius 1 is 1.09 bits per heavy atom. The van der Waals surface area contributed by atoms with E-state index in [0.29, 0.717) is 5.75 Å². The van der Waals surface area contributed by atoms with Gasteiger partial charge in [0, 0.05) is 18.7 Å². The van der Waals surface area contributed by atoms with Crippen molar-refractivity contribution < 1.29 is 4.79 Å². The number of aromatic nitrogens is 4. The van der Waals surface area contributed by atoms with E-state index in [2.05, 4.69) is 27.8 Å². The maximum atomic E-state index is 13.3.